The Labute approximate surface area is 113 Å². The predicted molar refractivity (Wildman–Crippen MR) is 78.0 cm³/mol. The van der Waals surface area contributed by atoms with E-state index in [0.717, 1.165) is 12.0 Å². The molecule has 3 heterocycles. The van der Waals surface area contributed by atoms with Crippen LogP contribution in [0.5, 0.6) is 0 Å². The second-order valence-electron chi connectivity index (χ2n) is 6.21. The van der Waals surface area contributed by atoms with Gasteiger partial charge in [0.05, 0.1) is 0 Å². The van der Waals surface area contributed by atoms with Crippen LogP contribution in [0.15, 0.2) is 0 Å². The van der Waals surface area contributed by atoms with Gasteiger partial charge in [-0.05, 0) is 25.3 Å². The van der Waals surface area contributed by atoms with Crippen molar-refractivity contribution in [1.82, 2.24) is 15.1 Å². The van der Waals surface area contributed by atoms with Crippen molar-refractivity contribution in [3.63, 3.8) is 0 Å². The van der Waals surface area contributed by atoms with Gasteiger partial charge in [-0.25, -0.2) is 0 Å². The number of rotatable bonds is 7. The molecule has 3 saturated heterocycles. The van der Waals surface area contributed by atoms with E-state index in [-0.39, 0.29) is 0 Å². The van der Waals surface area contributed by atoms with Gasteiger partial charge in [0.15, 0.2) is 0 Å². The average molecular weight is 253 g/mol. The molecule has 3 aliphatic rings. The van der Waals surface area contributed by atoms with Crippen molar-refractivity contribution in [3.05, 3.63) is 0 Å². The quantitative estimate of drug-likeness (QED) is 0.746. The fourth-order valence-electron chi connectivity index (χ4n) is 3.35. The maximum atomic E-state index is 3.82. The third-order valence-corrected chi connectivity index (χ3v) is 4.80. The number of fused-ring (bicyclic) bond motifs is 3. The first kappa shape index (κ1) is 14.3. The summed E-state index contributed by atoms with van der Waals surface area (Å²) in [7, 11) is 0. The fraction of sp³-hybridized carbons (Fsp3) is 1.00. The predicted octanol–water partition coefficient (Wildman–Crippen LogP) is 1.79. The largest absolute Gasteiger partial charge is 0.312 e. The van der Waals surface area contributed by atoms with Crippen LogP contribution in [0.2, 0.25) is 0 Å². The SMILES string of the molecule is CCCNC(CC(C)CC)C1CN2CCN1CC2. The molecule has 0 aromatic rings. The fourth-order valence-corrected chi connectivity index (χ4v) is 3.35. The Morgan fingerprint density at radius 3 is 2.39 bits per heavy atom. The molecule has 0 spiro atoms. The molecule has 3 atom stereocenters. The second kappa shape index (κ2) is 6.88. The van der Waals surface area contributed by atoms with Crippen molar-refractivity contribution in [2.75, 3.05) is 39.3 Å². The van der Waals surface area contributed by atoms with E-state index in [4.69, 9.17) is 0 Å². The number of hydrogen-bond acceptors (Lipinski definition) is 3. The minimum Gasteiger partial charge on any atom is -0.312 e. The van der Waals surface area contributed by atoms with Gasteiger partial charge in [-0.2, -0.15) is 0 Å². The van der Waals surface area contributed by atoms with Crippen LogP contribution in [-0.2, 0) is 0 Å². The molecule has 0 aromatic carbocycles. The van der Waals surface area contributed by atoms with E-state index in [1.54, 1.807) is 0 Å². The smallest absolute Gasteiger partial charge is 0.0377 e. The number of nitrogens with one attached hydrogen (secondary N) is 1. The Bertz CT molecular complexity index is 236. The summed E-state index contributed by atoms with van der Waals surface area (Å²) in [6, 6.07) is 1.45. The van der Waals surface area contributed by atoms with Crippen molar-refractivity contribution in [3.8, 4) is 0 Å². The molecule has 3 fully saturated rings. The standard InChI is InChI=1S/C15H31N3/c1-4-6-16-14(11-13(3)5-2)15-12-17-7-9-18(15)10-8-17/h13-16H,4-12H2,1-3H3. The lowest BCUT2D eigenvalue weighted by atomic mass is 9.91. The first-order valence-corrected chi connectivity index (χ1v) is 7.94. The molecular formula is C15H31N3. The molecule has 18 heavy (non-hydrogen) atoms. The van der Waals surface area contributed by atoms with Gasteiger partial charge in [0.2, 0.25) is 0 Å². The summed E-state index contributed by atoms with van der Waals surface area (Å²) < 4.78 is 0. The summed E-state index contributed by atoms with van der Waals surface area (Å²) in [5.74, 6) is 0.844. The van der Waals surface area contributed by atoms with Crippen molar-refractivity contribution in [2.45, 2.75) is 52.1 Å². The van der Waals surface area contributed by atoms with E-state index in [1.807, 2.05) is 0 Å². The molecule has 3 aliphatic heterocycles. The maximum absolute atomic E-state index is 3.82. The molecule has 0 amide bonds. The first-order chi connectivity index (χ1) is 8.74. The Balaban J connectivity index is 1.94. The normalized spacial score (nSPS) is 34.5. The highest BCUT2D eigenvalue weighted by Crippen LogP contribution is 2.22. The van der Waals surface area contributed by atoms with Gasteiger partial charge in [-0.1, -0.05) is 27.2 Å². The lowest BCUT2D eigenvalue weighted by molar-refractivity contribution is -0.00661. The molecule has 3 unspecified atom stereocenters. The summed E-state index contributed by atoms with van der Waals surface area (Å²) in [6.45, 7) is 14.6. The minimum atomic E-state index is 0.697. The average Bonchev–Trinajstić information content (AvgIpc) is 2.44. The highest BCUT2D eigenvalue weighted by Gasteiger charge is 2.36. The highest BCUT2D eigenvalue weighted by atomic mass is 15.4. The third-order valence-electron chi connectivity index (χ3n) is 4.80. The second-order valence-corrected chi connectivity index (χ2v) is 6.21. The topological polar surface area (TPSA) is 18.5 Å². The molecule has 0 aliphatic carbocycles. The maximum Gasteiger partial charge on any atom is 0.0377 e. The zero-order valence-corrected chi connectivity index (χ0v) is 12.5. The van der Waals surface area contributed by atoms with Crippen molar-refractivity contribution >= 4 is 0 Å². The van der Waals surface area contributed by atoms with Gasteiger partial charge in [0.25, 0.3) is 0 Å². The van der Waals surface area contributed by atoms with Crippen molar-refractivity contribution < 1.29 is 0 Å². The summed E-state index contributed by atoms with van der Waals surface area (Å²) in [5, 5.41) is 3.82. The van der Waals surface area contributed by atoms with Crippen LogP contribution < -0.4 is 5.32 Å². The molecule has 0 aromatic heterocycles. The van der Waals surface area contributed by atoms with Gasteiger partial charge < -0.3 is 5.32 Å². The van der Waals surface area contributed by atoms with Crippen LogP contribution in [0.25, 0.3) is 0 Å². The number of nitrogens with zero attached hydrogens (tertiary/aromatic N) is 2. The lowest BCUT2D eigenvalue weighted by Crippen LogP contribution is -2.66. The van der Waals surface area contributed by atoms with E-state index in [1.165, 1.54) is 58.5 Å². The Hall–Kier alpha value is -0.120. The summed E-state index contributed by atoms with van der Waals surface area (Å²) in [5.41, 5.74) is 0. The van der Waals surface area contributed by atoms with Crippen LogP contribution in [0.4, 0.5) is 0 Å². The Morgan fingerprint density at radius 2 is 1.89 bits per heavy atom. The number of piperazine rings is 3. The van der Waals surface area contributed by atoms with Gasteiger partial charge in [0, 0.05) is 44.8 Å². The minimum absolute atomic E-state index is 0.697. The Kier molecular flexibility index (Phi) is 5.46. The molecule has 3 rings (SSSR count). The summed E-state index contributed by atoms with van der Waals surface area (Å²) >= 11 is 0. The molecule has 3 heteroatoms. The first-order valence-electron chi connectivity index (χ1n) is 7.94. The zero-order chi connectivity index (χ0) is 13.0. The van der Waals surface area contributed by atoms with Crippen LogP contribution in [0, 0.1) is 5.92 Å². The van der Waals surface area contributed by atoms with E-state index in [9.17, 15) is 0 Å². The van der Waals surface area contributed by atoms with Crippen LogP contribution >= 0.6 is 0 Å². The molecule has 2 bridgehead atoms. The third kappa shape index (κ3) is 3.46. The van der Waals surface area contributed by atoms with Gasteiger partial charge in [-0.3, -0.25) is 9.80 Å². The van der Waals surface area contributed by atoms with Crippen molar-refractivity contribution in [1.29, 1.82) is 0 Å². The van der Waals surface area contributed by atoms with Gasteiger partial charge in [-0.15, -0.1) is 0 Å². The van der Waals surface area contributed by atoms with Crippen LogP contribution in [0.3, 0.4) is 0 Å². The highest BCUT2D eigenvalue weighted by molar-refractivity contribution is 4.95. The molecule has 106 valence electrons. The molecule has 0 saturated carbocycles. The molecular weight excluding hydrogens is 222 g/mol. The van der Waals surface area contributed by atoms with E-state index in [2.05, 4.69) is 35.9 Å². The zero-order valence-electron chi connectivity index (χ0n) is 12.5. The van der Waals surface area contributed by atoms with Crippen LogP contribution in [-0.4, -0.2) is 61.2 Å². The van der Waals surface area contributed by atoms with Gasteiger partial charge >= 0.3 is 0 Å². The summed E-state index contributed by atoms with van der Waals surface area (Å²) in [4.78, 5) is 5.39. The summed E-state index contributed by atoms with van der Waals surface area (Å²) in [6.07, 6.45) is 3.89. The number of hydrogen-bond donors (Lipinski definition) is 1. The van der Waals surface area contributed by atoms with Gasteiger partial charge in [0.1, 0.15) is 0 Å². The van der Waals surface area contributed by atoms with E-state index >= 15 is 0 Å². The molecule has 0 radical (unpaired) electrons. The van der Waals surface area contributed by atoms with Crippen LogP contribution in [0.1, 0.15) is 40.0 Å². The molecule has 1 N–H and O–H groups in total. The van der Waals surface area contributed by atoms with Crippen molar-refractivity contribution in [2.24, 2.45) is 5.92 Å². The van der Waals surface area contributed by atoms with E-state index < -0.39 is 0 Å². The van der Waals surface area contributed by atoms with E-state index in [0.29, 0.717) is 6.04 Å². The lowest BCUT2D eigenvalue weighted by Gasteiger charge is -2.50. The monoisotopic (exact) mass is 253 g/mol. The molecule has 3 nitrogen and oxygen atoms in total. The Morgan fingerprint density at radius 1 is 1.17 bits per heavy atom.